The number of fused-ring (bicyclic) bond motifs is 2. The monoisotopic (exact) mass is 321 g/mol. The zero-order chi connectivity index (χ0) is 16.1. The third-order valence-electron chi connectivity index (χ3n) is 3.88. The molecule has 0 fully saturated rings. The van der Waals surface area contributed by atoms with Gasteiger partial charge in [0.25, 0.3) is 5.89 Å². The van der Waals surface area contributed by atoms with Gasteiger partial charge in [-0.15, -0.1) is 10.2 Å². The number of aromatic nitrogens is 5. The van der Waals surface area contributed by atoms with Crippen LogP contribution < -0.4 is 9.47 Å². The van der Waals surface area contributed by atoms with Gasteiger partial charge in [-0.25, -0.2) is 0 Å². The lowest BCUT2D eigenvalue weighted by molar-refractivity contribution is 0.174. The summed E-state index contributed by atoms with van der Waals surface area (Å²) in [6.45, 7) is 2.12. The standard InChI is InChI=1S/C16H11N5O3/c1-9-18-19-14-5-3-11(7-21(9)14)15-17-16(24-20-15)10-2-4-12-13(6-10)23-8-22-12/h2-7H,8H2,1H3. The molecular weight excluding hydrogens is 310 g/mol. The fourth-order valence-electron chi connectivity index (χ4n) is 2.63. The molecule has 4 aromatic rings. The van der Waals surface area contributed by atoms with E-state index in [1.165, 1.54) is 0 Å². The first-order valence-electron chi connectivity index (χ1n) is 7.33. The Kier molecular flexibility index (Phi) is 2.60. The Balaban J connectivity index is 1.55. The lowest BCUT2D eigenvalue weighted by atomic mass is 10.2. The number of aryl methyl sites for hydroxylation is 1. The van der Waals surface area contributed by atoms with Crippen LogP contribution in [0.1, 0.15) is 5.82 Å². The maximum Gasteiger partial charge on any atom is 0.258 e. The van der Waals surface area contributed by atoms with Crippen molar-refractivity contribution in [3.8, 4) is 34.3 Å². The number of rotatable bonds is 2. The van der Waals surface area contributed by atoms with E-state index in [1.807, 2.05) is 47.9 Å². The Bertz CT molecular complexity index is 1070. The number of pyridine rings is 1. The molecule has 118 valence electrons. The van der Waals surface area contributed by atoms with Gasteiger partial charge in [0.1, 0.15) is 5.82 Å². The van der Waals surface area contributed by atoms with Crippen LogP contribution in [0.3, 0.4) is 0 Å². The minimum absolute atomic E-state index is 0.228. The van der Waals surface area contributed by atoms with Crippen LogP contribution in [0.2, 0.25) is 0 Å². The van der Waals surface area contributed by atoms with E-state index in [0.29, 0.717) is 23.2 Å². The van der Waals surface area contributed by atoms with Crippen LogP contribution in [0.5, 0.6) is 11.5 Å². The highest BCUT2D eigenvalue weighted by Gasteiger charge is 2.17. The largest absolute Gasteiger partial charge is 0.454 e. The van der Waals surface area contributed by atoms with Gasteiger partial charge in [-0.2, -0.15) is 4.98 Å². The molecule has 24 heavy (non-hydrogen) atoms. The number of benzene rings is 1. The first kappa shape index (κ1) is 13.1. The van der Waals surface area contributed by atoms with Crippen molar-refractivity contribution in [3.63, 3.8) is 0 Å². The molecule has 0 spiro atoms. The molecule has 0 amide bonds. The van der Waals surface area contributed by atoms with Crippen LogP contribution in [0.15, 0.2) is 41.1 Å². The number of ether oxygens (including phenoxy) is 2. The summed E-state index contributed by atoms with van der Waals surface area (Å²) >= 11 is 0. The Morgan fingerprint density at radius 3 is 2.83 bits per heavy atom. The lowest BCUT2D eigenvalue weighted by Crippen LogP contribution is -1.92. The quantitative estimate of drug-likeness (QED) is 0.560. The SMILES string of the molecule is Cc1nnc2ccc(-c3noc(-c4ccc5c(c4)OCO5)n3)cn12. The van der Waals surface area contributed by atoms with Crippen LogP contribution in [0, 0.1) is 6.92 Å². The van der Waals surface area contributed by atoms with E-state index < -0.39 is 0 Å². The Labute approximate surface area is 135 Å². The molecule has 3 aromatic heterocycles. The van der Waals surface area contributed by atoms with Gasteiger partial charge in [0.2, 0.25) is 12.6 Å². The van der Waals surface area contributed by atoms with Crippen molar-refractivity contribution in [1.29, 1.82) is 0 Å². The molecule has 0 saturated carbocycles. The van der Waals surface area contributed by atoms with E-state index in [1.54, 1.807) is 0 Å². The summed E-state index contributed by atoms with van der Waals surface area (Å²) in [6.07, 6.45) is 1.89. The Hall–Kier alpha value is -3.42. The van der Waals surface area contributed by atoms with Gasteiger partial charge in [-0.3, -0.25) is 4.40 Å². The smallest absolute Gasteiger partial charge is 0.258 e. The van der Waals surface area contributed by atoms with Crippen molar-refractivity contribution in [2.75, 3.05) is 6.79 Å². The lowest BCUT2D eigenvalue weighted by Gasteiger charge is -1.98. The second kappa shape index (κ2) is 4.79. The highest BCUT2D eigenvalue weighted by atomic mass is 16.7. The van der Waals surface area contributed by atoms with Crippen molar-refractivity contribution in [2.45, 2.75) is 6.92 Å². The molecule has 8 nitrogen and oxygen atoms in total. The fraction of sp³-hybridized carbons (Fsp3) is 0.125. The maximum absolute atomic E-state index is 5.39. The molecule has 0 unspecified atom stereocenters. The number of nitrogens with zero attached hydrogens (tertiary/aromatic N) is 5. The van der Waals surface area contributed by atoms with Gasteiger partial charge < -0.3 is 14.0 Å². The molecule has 0 atom stereocenters. The summed E-state index contributed by atoms with van der Waals surface area (Å²) in [7, 11) is 0. The summed E-state index contributed by atoms with van der Waals surface area (Å²) in [5.41, 5.74) is 2.37. The second-order valence-corrected chi connectivity index (χ2v) is 5.38. The minimum atomic E-state index is 0.228. The van der Waals surface area contributed by atoms with Gasteiger partial charge in [0, 0.05) is 17.3 Å². The van der Waals surface area contributed by atoms with Gasteiger partial charge in [-0.05, 0) is 37.3 Å². The van der Waals surface area contributed by atoms with E-state index in [9.17, 15) is 0 Å². The van der Waals surface area contributed by atoms with E-state index in [4.69, 9.17) is 14.0 Å². The van der Waals surface area contributed by atoms with Gasteiger partial charge in [0.05, 0.1) is 0 Å². The van der Waals surface area contributed by atoms with Crippen LogP contribution in [0.4, 0.5) is 0 Å². The fourth-order valence-corrected chi connectivity index (χ4v) is 2.63. The average Bonchev–Trinajstić information content (AvgIpc) is 3.33. The molecule has 0 saturated heterocycles. The molecule has 0 aliphatic carbocycles. The van der Waals surface area contributed by atoms with E-state index >= 15 is 0 Å². The molecule has 8 heteroatoms. The van der Waals surface area contributed by atoms with E-state index in [-0.39, 0.29) is 6.79 Å². The molecule has 1 aromatic carbocycles. The summed E-state index contributed by atoms with van der Waals surface area (Å²) in [6, 6.07) is 9.27. The molecule has 0 bridgehead atoms. The van der Waals surface area contributed by atoms with Crippen LogP contribution >= 0.6 is 0 Å². The third kappa shape index (κ3) is 1.93. The van der Waals surface area contributed by atoms with Crippen molar-refractivity contribution in [3.05, 3.63) is 42.4 Å². The molecule has 1 aliphatic rings. The maximum atomic E-state index is 5.39. The predicted octanol–water partition coefficient (Wildman–Crippen LogP) is 2.48. The summed E-state index contributed by atoms with van der Waals surface area (Å²) < 4.78 is 18.0. The third-order valence-corrected chi connectivity index (χ3v) is 3.88. The molecule has 4 heterocycles. The molecule has 0 N–H and O–H groups in total. The van der Waals surface area contributed by atoms with Gasteiger partial charge >= 0.3 is 0 Å². The summed E-state index contributed by atoms with van der Waals surface area (Å²) in [5, 5.41) is 12.2. The molecule has 1 aliphatic heterocycles. The van der Waals surface area contributed by atoms with Crippen LogP contribution in [-0.4, -0.2) is 31.5 Å². The topological polar surface area (TPSA) is 87.6 Å². The van der Waals surface area contributed by atoms with Crippen molar-refractivity contribution >= 4 is 5.65 Å². The number of hydrogen-bond acceptors (Lipinski definition) is 7. The van der Waals surface area contributed by atoms with E-state index in [0.717, 1.165) is 22.6 Å². The predicted molar refractivity (Wildman–Crippen MR) is 82.6 cm³/mol. The highest BCUT2D eigenvalue weighted by Crippen LogP contribution is 2.35. The van der Waals surface area contributed by atoms with Crippen LogP contribution in [-0.2, 0) is 0 Å². The second-order valence-electron chi connectivity index (χ2n) is 5.38. The molecular formula is C16H11N5O3. The van der Waals surface area contributed by atoms with Gasteiger partial charge in [-0.1, -0.05) is 5.16 Å². The van der Waals surface area contributed by atoms with Crippen LogP contribution in [0.25, 0.3) is 28.5 Å². The van der Waals surface area contributed by atoms with Crippen molar-refractivity contribution < 1.29 is 14.0 Å². The zero-order valence-electron chi connectivity index (χ0n) is 12.6. The Morgan fingerprint density at radius 1 is 1.00 bits per heavy atom. The average molecular weight is 321 g/mol. The summed E-state index contributed by atoms with van der Waals surface area (Å²) in [5.74, 6) is 3.11. The first-order chi connectivity index (χ1) is 11.8. The zero-order valence-corrected chi connectivity index (χ0v) is 12.6. The highest BCUT2D eigenvalue weighted by molar-refractivity contribution is 5.63. The van der Waals surface area contributed by atoms with Crippen molar-refractivity contribution in [1.82, 2.24) is 24.7 Å². The number of hydrogen-bond donors (Lipinski definition) is 0. The molecule has 5 rings (SSSR count). The minimum Gasteiger partial charge on any atom is -0.454 e. The summed E-state index contributed by atoms with van der Waals surface area (Å²) in [4.78, 5) is 4.47. The van der Waals surface area contributed by atoms with Crippen molar-refractivity contribution in [2.24, 2.45) is 0 Å². The Morgan fingerprint density at radius 2 is 1.88 bits per heavy atom. The van der Waals surface area contributed by atoms with E-state index in [2.05, 4.69) is 20.3 Å². The first-order valence-corrected chi connectivity index (χ1v) is 7.33. The van der Waals surface area contributed by atoms with Gasteiger partial charge in [0.15, 0.2) is 17.1 Å². The normalized spacial score (nSPS) is 12.9. The molecule has 0 radical (unpaired) electrons.